The van der Waals surface area contributed by atoms with Crippen LogP contribution in [0.1, 0.15) is 26.7 Å². The minimum absolute atomic E-state index is 0. The third-order valence-electron chi connectivity index (χ3n) is 2.73. The first-order valence-electron chi connectivity index (χ1n) is 5.18. The molecule has 1 rings (SSSR count). The molecule has 1 nitrogen and oxygen atoms in total. The van der Waals surface area contributed by atoms with Crippen LogP contribution >= 0.6 is 0 Å². The van der Waals surface area contributed by atoms with Gasteiger partial charge in [-0.1, -0.05) is 13.2 Å². The molecule has 82 valence electrons. The van der Waals surface area contributed by atoms with Crippen molar-refractivity contribution in [1.82, 2.24) is 0 Å². The van der Waals surface area contributed by atoms with Crippen molar-refractivity contribution in [2.45, 2.75) is 26.7 Å². The number of hydrogen-bond donors (Lipinski definition) is 0. The summed E-state index contributed by atoms with van der Waals surface area (Å²) in [5.74, 6) is 0. The molecule has 1 aliphatic heterocycles. The predicted molar refractivity (Wildman–Crippen MR) is 58.6 cm³/mol. The molecular formula is C12H22ClN. The highest BCUT2D eigenvalue weighted by Crippen LogP contribution is 2.22. The van der Waals surface area contributed by atoms with Crippen molar-refractivity contribution >= 4 is 0 Å². The zero-order chi connectivity index (χ0) is 9.90. The van der Waals surface area contributed by atoms with Gasteiger partial charge in [-0.3, -0.25) is 0 Å². The van der Waals surface area contributed by atoms with E-state index in [0.29, 0.717) is 0 Å². The van der Waals surface area contributed by atoms with E-state index in [9.17, 15) is 0 Å². The first-order valence-corrected chi connectivity index (χ1v) is 5.18. The number of rotatable bonds is 4. The van der Waals surface area contributed by atoms with Gasteiger partial charge in [-0.05, 0) is 25.0 Å². The molecule has 0 N–H and O–H groups in total. The van der Waals surface area contributed by atoms with E-state index in [1.807, 2.05) is 0 Å². The molecule has 0 atom stereocenters. The minimum atomic E-state index is 0. The normalized spacial score (nSPS) is 18.7. The lowest BCUT2D eigenvalue weighted by Gasteiger charge is -2.34. The summed E-state index contributed by atoms with van der Waals surface area (Å²) in [7, 11) is 0. The summed E-state index contributed by atoms with van der Waals surface area (Å²) < 4.78 is 1.21. The molecule has 0 spiro atoms. The number of halogens is 1. The largest absolute Gasteiger partial charge is 1.00 e. The fourth-order valence-electron chi connectivity index (χ4n) is 2.52. The summed E-state index contributed by atoms with van der Waals surface area (Å²) in [6.07, 6.45) is 2.75. The fraction of sp³-hybridized carbons (Fsp3) is 0.667. The van der Waals surface area contributed by atoms with E-state index in [2.05, 4.69) is 27.0 Å². The Bertz CT molecular complexity index is 196. The van der Waals surface area contributed by atoms with Crippen LogP contribution in [-0.2, 0) is 0 Å². The Balaban J connectivity index is 0.00000169. The van der Waals surface area contributed by atoms with Crippen molar-refractivity contribution in [3.05, 3.63) is 24.3 Å². The topological polar surface area (TPSA) is 0 Å². The molecular weight excluding hydrogens is 194 g/mol. The average Bonchev–Trinajstić information content (AvgIpc) is 2.33. The van der Waals surface area contributed by atoms with Crippen molar-refractivity contribution in [1.29, 1.82) is 0 Å². The SMILES string of the molecule is C=C(C)C[N+]1(CC(=C)C)CCCC1.[Cl-]. The van der Waals surface area contributed by atoms with E-state index in [1.54, 1.807) is 0 Å². The summed E-state index contributed by atoms with van der Waals surface area (Å²) in [6.45, 7) is 17.3. The van der Waals surface area contributed by atoms with Gasteiger partial charge in [-0.2, -0.15) is 0 Å². The molecule has 0 aromatic carbocycles. The summed E-state index contributed by atoms with van der Waals surface area (Å²) in [5, 5.41) is 0. The molecule has 0 unspecified atom stereocenters. The number of hydrogen-bond acceptors (Lipinski definition) is 0. The summed E-state index contributed by atoms with van der Waals surface area (Å²) >= 11 is 0. The molecule has 14 heavy (non-hydrogen) atoms. The highest BCUT2D eigenvalue weighted by Gasteiger charge is 2.31. The fourth-order valence-corrected chi connectivity index (χ4v) is 2.52. The monoisotopic (exact) mass is 215 g/mol. The van der Waals surface area contributed by atoms with E-state index < -0.39 is 0 Å². The molecule has 0 aliphatic carbocycles. The van der Waals surface area contributed by atoms with Crippen LogP contribution in [-0.4, -0.2) is 30.7 Å². The number of nitrogens with zero attached hydrogens (tertiary/aromatic N) is 1. The third-order valence-corrected chi connectivity index (χ3v) is 2.73. The summed E-state index contributed by atoms with van der Waals surface area (Å²) in [4.78, 5) is 0. The molecule has 0 saturated carbocycles. The van der Waals surface area contributed by atoms with Crippen LogP contribution in [0.4, 0.5) is 0 Å². The highest BCUT2D eigenvalue weighted by molar-refractivity contribution is 4.93. The van der Waals surface area contributed by atoms with Crippen LogP contribution in [0.5, 0.6) is 0 Å². The Kier molecular flexibility index (Phi) is 5.46. The van der Waals surface area contributed by atoms with Gasteiger partial charge in [-0.15, -0.1) is 0 Å². The van der Waals surface area contributed by atoms with Gasteiger partial charge >= 0.3 is 0 Å². The maximum absolute atomic E-state index is 4.03. The second-order valence-corrected chi connectivity index (χ2v) is 4.73. The van der Waals surface area contributed by atoms with Crippen molar-refractivity contribution in [2.75, 3.05) is 26.2 Å². The van der Waals surface area contributed by atoms with Gasteiger partial charge in [-0.25, -0.2) is 0 Å². The van der Waals surface area contributed by atoms with Crippen molar-refractivity contribution in [2.24, 2.45) is 0 Å². The molecule has 0 radical (unpaired) electrons. The minimum Gasteiger partial charge on any atom is -1.00 e. The molecule has 0 aromatic rings. The highest BCUT2D eigenvalue weighted by atomic mass is 35.5. The smallest absolute Gasteiger partial charge is 0.100 e. The van der Waals surface area contributed by atoms with E-state index in [1.165, 1.54) is 41.6 Å². The first-order chi connectivity index (χ1) is 6.04. The Morgan fingerprint density at radius 1 is 1.00 bits per heavy atom. The second-order valence-electron chi connectivity index (χ2n) is 4.73. The number of quaternary nitrogens is 1. The molecule has 0 aromatic heterocycles. The predicted octanol–water partition coefficient (Wildman–Crippen LogP) is -0.247. The molecule has 1 aliphatic rings. The summed E-state index contributed by atoms with van der Waals surface area (Å²) in [5.41, 5.74) is 2.62. The van der Waals surface area contributed by atoms with Gasteiger partial charge in [0, 0.05) is 12.8 Å². The van der Waals surface area contributed by atoms with E-state index >= 15 is 0 Å². The van der Waals surface area contributed by atoms with Gasteiger partial charge in [0.15, 0.2) is 0 Å². The quantitative estimate of drug-likeness (QED) is 0.449. The Labute approximate surface area is 94.5 Å². The lowest BCUT2D eigenvalue weighted by Crippen LogP contribution is -3.00. The molecule has 1 fully saturated rings. The second kappa shape index (κ2) is 5.57. The Morgan fingerprint density at radius 3 is 1.64 bits per heavy atom. The van der Waals surface area contributed by atoms with E-state index in [4.69, 9.17) is 0 Å². The molecule has 0 amide bonds. The summed E-state index contributed by atoms with van der Waals surface area (Å²) in [6, 6.07) is 0. The van der Waals surface area contributed by atoms with Gasteiger partial charge in [0.1, 0.15) is 13.1 Å². The van der Waals surface area contributed by atoms with Crippen LogP contribution in [0, 0.1) is 0 Å². The molecule has 1 heterocycles. The van der Waals surface area contributed by atoms with Gasteiger partial charge in [0.25, 0.3) is 0 Å². The average molecular weight is 216 g/mol. The Morgan fingerprint density at radius 2 is 1.36 bits per heavy atom. The van der Waals surface area contributed by atoms with Gasteiger partial charge in [0.2, 0.25) is 0 Å². The molecule has 2 heteroatoms. The first kappa shape index (κ1) is 13.7. The lowest BCUT2D eigenvalue weighted by atomic mass is 10.2. The zero-order valence-corrected chi connectivity index (χ0v) is 10.2. The van der Waals surface area contributed by atoms with Crippen LogP contribution < -0.4 is 12.4 Å². The van der Waals surface area contributed by atoms with E-state index in [-0.39, 0.29) is 12.4 Å². The van der Waals surface area contributed by atoms with Crippen LogP contribution in [0.25, 0.3) is 0 Å². The standard InChI is InChI=1S/C12H22N.ClH/c1-11(2)9-13(10-12(3)4)7-5-6-8-13;/h1,3,5-10H2,2,4H3;1H/q+1;/p-1. The van der Waals surface area contributed by atoms with Crippen LogP contribution in [0.3, 0.4) is 0 Å². The van der Waals surface area contributed by atoms with Crippen molar-refractivity contribution in [3.63, 3.8) is 0 Å². The zero-order valence-electron chi connectivity index (χ0n) is 9.48. The van der Waals surface area contributed by atoms with Gasteiger partial charge in [0.05, 0.1) is 13.1 Å². The van der Waals surface area contributed by atoms with Crippen LogP contribution in [0.15, 0.2) is 24.3 Å². The molecule has 1 saturated heterocycles. The van der Waals surface area contributed by atoms with Crippen LogP contribution in [0.2, 0.25) is 0 Å². The van der Waals surface area contributed by atoms with Gasteiger partial charge < -0.3 is 16.9 Å². The third kappa shape index (κ3) is 3.85. The lowest BCUT2D eigenvalue weighted by molar-refractivity contribution is -0.907. The Hall–Kier alpha value is -0.270. The molecule has 0 bridgehead atoms. The van der Waals surface area contributed by atoms with E-state index in [0.717, 1.165) is 13.1 Å². The maximum atomic E-state index is 4.03. The number of likely N-dealkylation sites (tertiary alicyclic amines) is 1. The maximum Gasteiger partial charge on any atom is 0.100 e. The van der Waals surface area contributed by atoms with Crippen molar-refractivity contribution < 1.29 is 16.9 Å². The van der Waals surface area contributed by atoms with Crippen molar-refractivity contribution in [3.8, 4) is 0 Å².